The van der Waals surface area contributed by atoms with Crippen molar-refractivity contribution < 1.29 is 14.4 Å². The first-order valence-electron chi connectivity index (χ1n) is 9.49. The van der Waals surface area contributed by atoms with E-state index in [9.17, 15) is 9.59 Å². The van der Waals surface area contributed by atoms with Crippen molar-refractivity contribution in [1.82, 2.24) is 4.90 Å². The molecule has 1 atom stereocenters. The number of anilines is 1. The van der Waals surface area contributed by atoms with E-state index in [0.717, 1.165) is 10.5 Å². The minimum atomic E-state index is -0.742. The summed E-state index contributed by atoms with van der Waals surface area (Å²) < 4.78 is 0. The van der Waals surface area contributed by atoms with E-state index < -0.39 is 17.7 Å². The number of rotatable bonds is 6. The second-order valence-corrected chi connectivity index (χ2v) is 6.84. The highest BCUT2D eigenvalue weighted by molar-refractivity contribution is 6.07. The van der Waals surface area contributed by atoms with Gasteiger partial charge in [0.2, 0.25) is 12.1 Å². The molecule has 2 aromatic rings. The molecule has 1 fully saturated rings. The highest BCUT2D eigenvalue weighted by Gasteiger charge is 2.63. The molecule has 0 aromatic heterocycles. The van der Waals surface area contributed by atoms with Crippen LogP contribution >= 0.6 is 0 Å². The highest BCUT2D eigenvalue weighted by Crippen LogP contribution is 2.46. The maximum Gasteiger partial charge on any atom is 0.331 e. The topological polar surface area (TPSA) is 71.0 Å². The van der Waals surface area contributed by atoms with Gasteiger partial charge in [0.1, 0.15) is 5.41 Å². The van der Waals surface area contributed by atoms with Gasteiger partial charge in [-0.15, -0.1) is 0 Å². The Bertz CT molecular complexity index is 861. The minimum absolute atomic E-state index is 0.233. The molecule has 28 heavy (non-hydrogen) atoms. The van der Waals surface area contributed by atoms with Crippen molar-refractivity contribution in [3.63, 3.8) is 0 Å². The third-order valence-electron chi connectivity index (χ3n) is 5.34. The number of likely N-dealkylation sites (tertiary alicyclic amines) is 1. The van der Waals surface area contributed by atoms with Gasteiger partial charge in [-0.3, -0.25) is 4.79 Å². The van der Waals surface area contributed by atoms with Crippen LogP contribution in [0.4, 0.5) is 10.5 Å². The van der Waals surface area contributed by atoms with Crippen LogP contribution in [0.3, 0.4) is 0 Å². The zero-order valence-corrected chi connectivity index (χ0v) is 16.4. The normalized spacial score (nSPS) is 18.4. The van der Waals surface area contributed by atoms with Gasteiger partial charge in [-0.1, -0.05) is 67.5 Å². The number of β-lactam (4-membered cyclic amide) rings is 1. The van der Waals surface area contributed by atoms with Gasteiger partial charge in [-0.25, -0.2) is 9.69 Å². The van der Waals surface area contributed by atoms with E-state index in [-0.39, 0.29) is 5.91 Å². The first-order chi connectivity index (χ1) is 13.5. The number of amides is 3. The molecule has 0 aliphatic carbocycles. The molecule has 146 valence electrons. The van der Waals surface area contributed by atoms with Crippen LogP contribution in [0, 0.1) is 5.41 Å². The Balaban J connectivity index is 1.81. The van der Waals surface area contributed by atoms with E-state index in [1.807, 2.05) is 69.3 Å². The average molecular weight is 379 g/mol. The Hall–Kier alpha value is -3.15. The Morgan fingerprint density at radius 3 is 2.21 bits per heavy atom. The number of nitrogens with one attached hydrogen (secondary N) is 1. The van der Waals surface area contributed by atoms with Crippen LogP contribution in [0.5, 0.6) is 0 Å². The SMILES string of the molecule is CCC1(CC)C(=O)N(C(=O)Nc2ccccc2)C1O/N=C(\C)c1ccccc1. The fourth-order valence-corrected chi connectivity index (χ4v) is 3.45. The maximum absolute atomic E-state index is 12.8. The van der Waals surface area contributed by atoms with Gasteiger partial charge in [0.05, 0.1) is 5.71 Å². The van der Waals surface area contributed by atoms with E-state index >= 15 is 0 Å². The first kappa shape index (κ1) is 19.6. The number of hydrogen-bond donors (Lipinski definition) is 1. The monoisotopic (exact) mass is 379 g/mol. The van der Waals surface area contributed by atoms with Crippen molar-refractivity contribution in [2.75, 3.05) is 5.32 Å². The zero-order chi connectivity index (χ0) is 20.1. The molecule has 0 spiro atoms. The fraction of sp³-hybridized carbons (Fsp3) is 0.318. The number of hydrogen-bond acceptors (Lipinski definition) is 4. The predicted octanol–water partition coefficient (Wildman–Crippen LogP) is 4.63. The lowest BCUT2D eigenvalue weighted by Crippen LogP contribution is -2.71. The molecule has 6 heteroatoms. The summed E-state index contributed by atoms with van der Waals surface area (Å²) in [6.45, 7) is 5.69. The Morgan fingerprint density at radius 2 is 1.64 bits per heavy atom. The summed E-state index contributed by atoms with van der Waals surface area (Å²) in [5, 5.41) is 6.97. The number of carbonyl (C=O) groups is 2. The second-order valence-electron chi connectivity index (χ2n) is 6.84. The molecule has 3 amide bonds. The van der Waals surface area contributed by atoms with Crippen LogP contribution in [0.2, 0.25) is 0 Å². The summed E-state index contributed by atoms with van der Waals surface area (Å²) in [7, 11) is 0. The molecule has 1 heterocycles. The molecular weight excluding hydrogens is 354 g/mol. The van der Waals surface area contributed by atoms with Crippen LogP contribution in [0.15, 0.2) is 65.8 Å². The highest BCUT2D eigenvalue weighted by atomic mass is 16.7. The smallest absolute Gasteiger partial charge is 0.331 e. The molecule has 1 aliphatic heterocycles. The van der Waals surface area contributed by atoms with Crippen molar-refractivity contribution in [3.05, 3.63) is 66.2 Å². The average Bonchev–Trinajstić information content (AvgIpc) is 2.73. The van der Waals surface area contributed by atoms with Crippen LogP contribution in [0.25, 0.3) is 0 Å². The summed E-state index contributed by atoms with van der Waals surface area (Å²) >= 11 is 0. The third kappa shape index (κ3) is 3.50. The van der Waals surface area contributed by atoms with E-state index in [4.69, 9.17) is 4.84 Å². The largest absolute Gasteiger partial charge is 0.368 e. The molecule has 0 bridgehead atoms. The molecule has 6 nitrogen and oxygen atoms in total. The molecular formula is C22H25N3O3. The lowest BCUT2D eigenvalue weighted by atomic mass is 9.72. The molecule has 0 radical (unpaired) electrons. The van der Waals surface area contributed by atoms with E-state index in [1.165, 1.54) is 0 Å². The maximum atomic E-state index is 12.8. The second kappa shape index (κ2) is 8.25. The van der Waals surface area contributed by atoms with Crippen LogP contribution < -0.4 is 5.32 Å². The van der Waals surface area contributed by atoms with E-state index in [1.54, 1.807) is 12.1 Å². The first-order valence-corrected chi connectivity index (χ1v) is 9.49. The predicted molar refractivity (Wildman–Crippen MR) is 109 cm³/mol. The molecule has 2 aromatic carbocycles. The van der Waals surface area contributed by atoms with Gasteiger partial charge in [0.15, 0.2) is 0 Å². The van der Waals surface area contributed by atoms with Crippen molar-refractivity contribution >= 4 is 23.3 Å². The fourth-order valence-electron chi connectivity index (χ4n) is 3.45. The molecule has 3 rings (SSSR count). The van der Waals surface area contributed by atoms with Crippen LogP contribution in [-0.2, 0) is 9.63 Å². The van der Waals surface area contributed by atoms with Crippen molar-refractivity contribution in [3.8, 4) is 0 Å². The molecule has 0 saturated carbocycles. The van der Waals surface area contributed by atoms with Crippen molar-refractivity contribution in [1.29, 1.82) is 0 Å². The molecule has 1 N–H and O–H groups in total. The van der Waals surface area contributed by atoms with Crippen LogP contribution in [-0.4, -0.2) is 28.8 Å². The van der Waals surface area contributed by atoms with Gasteiger partial charge in [-0.2, -0.15) is 0 Å². The quantitative estimate of drug-likeness (QED) is 0.452. The lowest BCUT2D eigenvalue weighted by molar-refractivity contribution is -0.209. The lowest BCUT2D eigenvalue weighted by Gasteiger charge is -2.51. The third-order valence-corrected chi connectivity index (χ3v) is 5.34. The minimum Gasteiger partial charge on any atom is -0.368 e. The number of benzene rings is 2. The summed E-state index contributed by atoms with van der Waals surface area (Å²) in [5.74, 6) is -0.233. The number of nitrogens with zero attached hydrogens (tertiary/aromatic N) is 2. The number of urea groups is 1. The standard InChI is InChI=1S/C22H25N3O3/c1-4-22(5-2)19(26)25(21(27)23-18-14-10-7-11-15-18)20(22)28-24-16(3)17-12-8-6-9-13-17/h6-15,20H,4-5H2,1-3H3,(H,23,27)/b24-16+. The number of para-hydroxylation sites is 1. The van der Waals surface area contributed by atoms with Gasteiger partial charge >= 0.3 is 6.03 Å². The Morgan fingerprint density at radius 1 is 1.07 bits per heavy atom. The van der Waals surface area contributed by atoms with E-state index in [0.29, 0.717) is 24.2 Å². The van der Waals surface area contributed by atoms with Gasteiger partial charge in [0, 0.05) is 5.69 Å². The summed E-state index contributed by atoms with van der Waals surface area (Å²) in [6, 6.07) is 18.1. The van der Waals surface area contributed by atoms with Crippen LogP contribution in [0.1, 0.15) is 39.2 Å². The zero-order valence-electron chi connectivity index (χ0n) is 16.4. The van der Waals surface area contributed by atoms with Gasteiger partial charge in [0.25, 0.3) is 0 Å². The summed E-state index contributed by atoms with van der Waals surface area (Å²) in [5.41, 5.74) is 1.49. The number of imide groups is 1. The Kier molecular flexibility index (Phi) is 5.78. The van der Waals surface area contributed by atoms with Gasteiger partial charge in [-0.05, 0) is 37.5 Å². The van der Waals surface area contributed by atoms with Crippen molar-refractivity contribution in [2.45, 2.75) is 39.8 Å². The molecule has 1 saturated heterocycles. The molecule has 1 aliphatic rings. The van der Waals surface area contributed by atoms with Gasteiger partial charge < -0.3 is 10.2 Å². The number of carbonyl (C=O) groups excluding carboxylic acids is 2. The summed E-state index contributed by atoms with van der Waals surface area (Å²) in [4.78, 5) is 32.4. The van der Waals surface area contributed by atoms with E-state index in [2.05, 4.69) is 10.5 Å². The van der Waals surface area contributed by atoms with Crippen molar-refractivity contribution in [2.24, 2.45) is 10.6 Å². The molecule has 1 unspecified atom stereocenters. The summed E-state index contributed by atoms with van der Waals surface area (Å²) in [6.07, 6.45) is 0.404. The Labute approximate surface area is 165 Å². The number of oxime groups is 1.